The molecule has 2 fully saturated rings. The molecule has 6 rings (SSSR count). The lowest BCUT2D eigenvalue weighted by Crippen LogP contribution is -2.13. The van der Waals surface area contributed by atoms with E-state index in [-0.39, 0.29) is 17.0 Å². The van der Waals surface area contributed by atoms with Crippen LogP contribution in [-0.4, -0.2) is 34.5 Å². The highest BCUT2D eigenvalue weighted by atomic mass is 32.2. The minimum Gasteiger partial charge on any atom is -0.473 e. The highest BCUT2D eigenvalue weighted by Crippen LogP contribution is 2.32. The number of benzene rings is 1. The predicted molar refractivity (Wildman–Crippen MR) is 144 cm³/mol. The number of anilines is 1. The number of primary sulfonamides is 1. The molecule has 38 heavy (non-hydrogen) atoms. The van der Waals surface area contributed by atoms with Crippen LogP contribution in [0, 0.1) is 17.8 Å². The van der Waals surface area contributed by atoms with E-state index in [1.807, 2.05) is 31.2 Å². The summed E-state index contributed by atoms with van der Waals surface area (Å²) >= 11 is 0. The summed E-state index contributed by atoms with van der Waals surface area (Å²) in [5.41, 5.74) is 4.48. The molecule has 3 heterocycles. The molecule has 4 aromatic rings. The Bertz CT molecular complexity index is 1670. The zero-order chi connectivity index (χ0) is 26.3. The van der Waals surface area contributed by atoms with Crippen LogP contribution in [0.15, 0.2) is 59.6 Å². The van der Waals surface area contributed by atoms with Crippen LogP contribution in [0.25, 0.3) is 22.3 Å². The second-order valence-electron chi connectivity index (χ2n) is 9.69. The first kappa shape index (κ1) is 24.3. The summed E-state index contributed by atoms with van der Waals surface area (Å²) in [5.74, 6) is 7.72. The fourth-order valence-corrected chi connectivity index (χ4v) is 4.40. The van der Waals surface area contributed by atoms with E-state index in [2.05, 4.69) is 32.1 Å². The quantitative estimate of drug-likeness (QED) is 0.342. The molecular weight excluding hydrogens is 500 g/mol. The molecule has 3 aromatic heterocycles. The molecule has 9 nitrogen and oxygen atoms in total. The van der Waals surface area contributed by atoms with Gasteiger partial charge in [0.15, 0.2) is 5.52 Å². The fourth-order valence-electron chi connectivity index (χ4n) is 3.89. The highest BCUT2D eigenvalue weighted by molar-refractivity contribution is 7.89. The van der Waals surface area contributed by atoms with Crippen LogP contribution in [0.5, 0.6) is 5.88 Å². The minimum absolute atomic E-state index is 0.0634. The Hall–Kier alpha value is -4.07. The maximum Gasteiger partial charge on any atom is 0.245 e. The molecule has 0 bridgehead atoms. The summed E-state index contributed by atoms with van der Waals surface area (Å²) in [6.45, 7) is 1.94. The second kappa shape index (κ2) is 9.67. The van der Waals surface area contributed by atoms with E-state index in [1.54, 1.807) is 18.3 Å². The highest BCUT2D eigenvalue weighted by Gasteiger charge is 2.26. The molecule has 0 radical (unpaired) electrons. The largest absolute Gasteiger partial charge is 0.473 e. The van der Waals surface area contributed by atoms with Gasteiger partial charge in [0.25, 0.3) is 0 Å². The standard InChI is InChI=1S/C28H26N6O3S/c1-17(19-6-12-23(13-7-19)38(29,35)36)31-28-33-25-15-14-24(32-26(25)27(34-28)37-22-10-11-22)20-5-9-21(30-16-20)8-4-18-2-3-18/h5-7,9,12-18,22H,2-3,10-11H2,1H3,(H2,29,35,36)(H,31,33,34)/t17-/m1/s1. The van der Waals surface area contributed by atoms with Crippen molar-refractivity contribution in [1.29, 1.82) is 0 Å². The first-order valence-electron chi connectivity index (χ1n) is 12.5. The van der Waals surface area contributed by atoms with Gasteiger partial charge >= 0.3 is 0 Å². The van der Waals surface area contributed by atoms with E-state index in [1.165, 1.54) is 25.0 Å². The Morgan fingerprint density at radius 2 is 1.79 bits per heavy atom. The summed E-state index contributed by atoms with van der Waals surface area (Å²) < 4.78 is 29.2. The van der Waals surface area contributed by atoms with Crippen LogP contribution < -0.4 is 15.2 Å². The third-order valence-corrected chi connectivity index (χ3v) is 7.34. The van der Waals surface area contributed by atoms with Crippen LogP contribution >= 0.6 is 0 Å². The average molecular weight is 527 g/mol. The van der Waals surface area contributed by atoms with E-state index in [9.17, 15) is 8.42 Å². The zero-order valence-electron chi connectivity index (χ0n) is 20.8. The SMILES string of the molecule is C[C@@H](Nc1nc(OC2CC2)c2nc(-c3ccc(C#CC4CC4)nc3)ccc2n1)c1ccc(S(N)(=O)=O)cc1. The molecule has 0 saturated heterocycles. The number of hydrogen-bond acceptors (Lipinski definition) is 8. The maximum atomic E-state index is 11.6. The van der Waals surface area contributed by atoms with Gasteiger partial charge in [-0.15, -0.1) is 0 Å². The van der Waals surface area contributed by atoms with Crippen molar-refractivity contribution in [2.45, 2.75) is 49.6 Å². The molecule has 3 N–H and O–H groups in total. The van der Waals surface area contributed by atoms with E-state index in [4.69, 9.17) is 14.9 Å². The number of aromatic nitrogens is 4. The number of nitrogens with one attached hydrogen (secondary N) is 1. The monoisotopic (exact) mass is 526 g/mol. The Morgan fingerprint density at radius 3 is 2.45 bits per heavy atom. The summed E-state index contributed by atoms with van der Waals surface area (Å²) in [6, 6.07) is 13.9. The third-order valence-electron chi connectivity index (χ3n) is 6.41. The van der Waals surface area contributed by atoms with E-state index < -0.39 is 10.0 Å². The van der Waals surface area contributed by atoms with E-state index in [0.717, 1.165) is 35.4 Å². The predicted octanol–water partition coefficient (Wildman–Crippen LogP) is 4.21. The smallest absolute Gasteiger partial charge is 0.245 e. The van der Waals surface area contributed by atoms with Gasteiger partial charge in [-0.3, -0.25) is 0 Å². The number of sulfonamides is 1. The van der Waals surface area contributed by atoms with Crippen molar-refractivity contribution in [3.05, 3.63) is 66.0 Å². The fraction of sp³-hybridized carbons (Fsp3) is 0.286. The average Bonchev–Trinajstić information content (AvgIpc) is 3.84. The first-order valence-corrected chi connectivity index (χ1v) is 14.1. The third kappa shape index (κ3) is 5.59. The van der Waals surface area contributed by atoms with Gasteiger partial charge in [-0.2, -0.15) is 4.98 Å². The van der Waals surface area contributed by atoms with Crippen LogP contribution in [0.2, 0.25) is 0 Å². The molecule has 10 heteroatoms. The van der Waals surface area contributed by atoms with Gasteiger partial charge < -0.3 is 10.1 Å². The van der Waals surface area contributed by atoms with Crippen molar-refractivity contribution in [2.24, 2.45) is 11.1 Å². The number of nitrogens with zero attached hydrogens (tertiary/aromatic N) is 4. The van der Waals surface area contributed by atoms with Gasteiger partial charge in [-0.25, -0.2) is 28.5 Å². The number of nitrogens with two attached hydrogens (primary N) is 1. The van der Waals surface area contributed by atoms with Crippen molar-refractivity contribution >= 4 is 27.0 Å². The molecule has 0 amide bonds. The second-order valence-corrected chi connectivity index (χ2v) is 11.3. The van der Waals surface area contributed by atoms with E-state index >= 15 is 0 Å². The topological polar surface area (TPSA) is 133 Å². The molecular formula is C28H26N6O3S. The molecule has 192 valence electrons. The Kier molecular flexibility index (Phi) is 6.18. The molecule has 0 aliphatic heterocycles. The van der Waals surface area contributed by atoms with Gasteiger partial charge in [0.1, 0.15) is 11.8 Å². The lowest BCUT2D eigenvalue weighted by molar-refractivity contribution is 0.294. The molecule has 2 aliphatic carbocycles. The number of pyridine rings is 2. The lowest BCUT2D eigenvalue weighted by Gasteiger charge is -2.16. The molecule has 0 spiro atoms. The maximum absolute atomic E-state index is 11.6. The summed E-state index contributed by atoms with van der Waals surface area (Å²) in [4.78, 5) is 18.7. The van der Waals surface area contributed by atoms with Gasteiger partial charge in [0.05, 0.1) is 22.1 Å². The molecule has 1 atom stereocenters. The lowest BCUT2D eigenvalue weighted by atomic mass is 10.1. The number of fused-ring (bicyclic) bond motifs is 1. The zero-order valence-corrected chi connectivity index (χ0v) is 21.6. The van der Waals surface area contributed by atoms with Crippen LogP contribution in [-0.2, 0) is 10.0 Å². The van der Waals surface area contributed by atoms with E-state index in [0.29, 0.717) is 28.8 Å². The number of hydrogen-bond donors (Lipinski definition) is 2. The van der Waals surface area contributed by atoms with Crippen molar-refractivity contribution in [2.75, 3.05) is 5.32 Å². The molecule has 0 unspecified atom stereocenters. The van der Waals surface area contributed by atoms with Crippen molar-refractivity contribution in [3.63, 3.8) is 0 Å². The Balaban J connectivity index is 1.27. The van der Waals surface area contributed by atoms with Crippen LogP contribution in [0.4, 0.5) is 5.95 Å². The van der Waals surface area contributed by atoms with Crippen LogP contribution in [0.3, 0.4) is 0 Å². The molecule has 2 aliphatic rings. The van der Waals surface area contributed by atoms with Gasteiger partial charge in [0.2, 0.25) is 21.9 Å². The van der Waals surface area contributed by atoms with Crippen molar-refractivity contribution < 1.29 is 13.2 Å². The van der Waals surface area contributed by atoms with Gasteiger partial charge in [-0.1, -0.05) is 18.1 Å². The molecule has 2 saturated carbocycles. The summed E-state index contributed by atoms with van der Waals surface area (Å²) in [7, 11) is -3.75. The Labute approximate surface area is 221 Å². The Morgan fingerprint density at radius 1 is 1.00 bits per heavy atom. The first-order chi connectivity index (χ1) is 18.3. The van der Waals surface area contributed by atoms with Crippen molar-refractivity contribution in [1.82, 2.24) is 19.9 Å². The molecule has 1 aromatic carbocycles. The normalized spacial score (nSPS) is 15.9. The van der Waals surface area contributed by atoms with Gasteiger partial charge in [0, 0.05) is 17.7 Å². The van der Waals surface area contributed by atoms with Gasteiger partial charge in [-0.05, 0) is 80.5 Å². The van der Waals surface area contributed by atoms with Crippen molar-refractivity contribution in [3.8, 4) is 29.0 Å². The number of ether oxygens (including phenoxy) is 1. The summed E-state index contributed by atoms with van der Waals surface area (Å²) in [5, 5.41) is 8.49. The van der Waals surface area contributed by atoms with Crippen LogP contribution in [0.1, 0.15) is 49.9 Å². The number of rotatable bonds is 7. The summed E-state index contributed by atoms with van der Waals surface area (Å²) in [6.07, 6.45) is 6.24. The minimum atomic E-state index is -3.75.